The van der Waals surface area contributed by atoms with Crippen LogP contribution in [0.5, 0.6) is 0 Å². The van der Waals surface area contributed by atoms with Gasteiger partial charge in [-0.1, -0.05) is 0 Å². The van der Waals surface area contributed by atoms with Gasteiger partial charge in [-0.25, -0.2) is 0 Å². The van der Waals surface area contributed by atoms with Gasteiger partial charge in [0.2, 0.25) is 0 Å². The maximum Gasteiger partial charge on any atom is 0.0700 e. The lowest BCUT2D eigenvalue weighted by atomic mass is 10.3. The molecule has 0 aliphatic heterocycles. The molecule has 92 valence electrons. The molecule has 0 aromatic carbocycles. The lowest BCUT2D eigenvalue weighted by Gasteiger charge is -2.05. The minimum absolute atomic E-state index is 0.697. The normalized spacial score (nSPS) is 10.8. The van der Waals surface area contributed by atoms with Gasteiger partial charge < -0.3 is 14.8 Å². The highest BCUT2D eigenvalue weighted by atomic mass is 32.2. The zero-order valence-electron chi connectivity index (χ0n) is 10.1. The van der Waals surface area contributed by atoms with Gasteiger partial charge >= 0.3 is 0 Å². The SMILES string of the molecule is COCCOCCCNCCCCSC. The van der Waals surface area contributed by atoms with Gasteiger partial charge in [-0.2, -0.15) is 11.8 Å². The number of rotatable bonds is 12. The fourth-order valence-electron chi connectivity index (χ4n) is 1.16. The first-order valence-electron chi connectivity index (χ1n) is 5.68. The smallest absolute Gasteiger partial charge is 0.0700 e. The van der Waals surface area contributed by atoms with Crippen LogP contribution in [0.2, 0.25) is 0 Å². The van der Waals surface area contributed by atoms with E-state index in [9.17, 15) is 0 Å². The highest BCUT2D eigenvalue weighted by molar-refractivity contribution is 7.98. The lowest BCUT2D eigenvalue weighted by molar-refractivity contribution is 0.0695. The Morgan fingerprint density at radius 1 is 1.00 bits per heavy atom. The Labute approximate surface area is 98.3 Å². The minimum Gasteiger partial charge on any atom is -0.382 e. The van der Waals surface area contributed by atoms with E-state index in [1.54, 1.807) is 7.11 Å². The highest BCUT2D eigenvalue weighted by Gasteiger charge is 1.90. The predicted molar refractivity (Wildman–Crippen MR) is 67.8 cm³/mol. The standard InChI is InChI=1S/C11H25NO2S/c1-13-9-10-14-8-5-7-12-6-3-4-11-15-2/h12H,3-11H2,1-2H3. The Morgan fingerprint density at radius 2 is 1.80 bits per heavy atom. The molecule has 3 nitrogen and oxygen atoms in total. The molecule has 0 heterocycles. The summed E-state index contributed by atoms with van der Waals surface area (Å²) in [5.74, 6) is 1.28. The molecule has 0 aromatic heterocycles. The van der Waals surface area contributed by atoms with Crippen LogP contribution in [0.3, 0.4) is 0 Å². The fourth-order valence-corrected chi connectivity index (χ4v) is 1.66. The largest absolute Gasteiger partial charge is 0.382 e. The van der Waals surface area contributed by atoms with Crippen molar-refractivity contribution in [2.75, 3.05) is 52.0 Å². The molecule has 0 unspecified atom stereocenters. The van der Waals surface area contributed by atoms with E-state index >= 15 is 0 Å². The van der Waals surface area contributed by atoms with Crippen LogP contribution in [0.4, 0.5) is 0 Å². The summed E-state index contributed by atoms with van der Waals surface area (Å²) in [6, 6.07) is 0. The minimum atomic E-state index is 0.697. The van der Waals surface area contributed by atoms with Crippen molar-refractivity contribution in [2.45, 2.75) is 19.3 Å². The summed E-state index contributed by atoms with van der Waals surface area (Å²) in [5.41, 5.74) is 0. The first-order valence-corrected chi connectivity index (χ1v) is 7.07. The second-order valence-electron chi connectivity index (χ2n) is 3.41. The molecule has 0 radical (unpaired) electrons. The van der Waals surface area contributed by atoms with Gasteiger partial charge in [-0.05, 0) is 44.4 Å². The molecule has 0 rings (SSSR count). The van der Waals surface area contributed by atoms with Crippen molar-refractivity contribution in [1.29, 1.82) is 0 Å². The summed E-state index contributed by atoms with van der Waals surface area (Å²) < 4.78 is 10.2. The van der Waals surface area contributed by atoms with E-state index in [0.29, 0.717) is 13.2 Å². The maximum atomic E-state index is 5.35. The van der Waals surface area contributed by atoms with Gasteiger partial charge in [-0.3, -0.25) is 0 Å². The average molecular weight is 235 g/mol. The van der Waals surface area contributed by atoms with Crippen LogP contribution in [0, 0.1) is 0 Å². The van der Waals surface area contributed by atoms with E-state index in [1.807, 2.05) is 11.8 Å². The van der Waals surface area contributed by atoms with Crippen LogP contribution >= 0.6 is 11.8 Å². The summed E-state index contributed by atoms with van der Waals surface area (Å²) in [6.07, 6.45) is 5.85. The first-order chi connectivity index (χ1) is 7.41. The molecule has 4 heteroatoms. The number of hydrogen-bond acceptors (Lipinski definition) is 4. The summed E-state index contributed by atoms with van der Waals surface area (Å²) >= 11 is 1.92. The van der Waals surface area contributed by atoms with E-state index in [0.717, 1.165) is 26.1 Å². The summed E-state index contributed by atoms with van der Waals surface area (Å²) in [6.45, 7) is 4.44. The zero-order chi connectivity index (χ0) is 11.2. The average Bonchev–Trinajstić information content (AvgIpc) is 2.26. The number of hydrogen-bond donors (Lipinski definition) is 1. The van der Waals surface area contributed by atoms with Gasteiger partial charge in [-0.15, -0.1) is 0 Å². The predicted octanol–water partition coefficient (Wildman–Crippen LogP) is 1.77. The Kier molecular flexibility index (Phi) is 14.4. The molecule has 15 heavy (non-hydrogen) atoms. The molecule has 0 spiro atoms. The van der Waals surface area contributed by atoms with Crippen LogP contribution < -0.4 is 5.32 Å². The van der Waals surface area contributed by atoms with Gasteiger partial charge in [0, 0.05) is 13.7 Å². The highest BCUT2D eigenvalue weighted by Crippen LogP contribution is 1.97. The molecule has 0 aliphatic carbocycles. The van der Waals surface area contributed by atoms with Gasteiger partial charge in [0.25, 0.3) is 0 Å². The van der Waals surface area contributed by atoms with Crippen LogP contribution in [0.25, 0.3) is 0 Å². The van der Waals surface area contributed by atoms with Crippen molar-refractivity contribution in [3.05, 3.63) is 0 Å². The second-order valence-corrected chi connectivity index (χ2v) is 4.39. The molecule has 0 bridgehead atoms. The Bertz CT molecular complexity index is 103. The van der Waals surface area contributed by atoms with Gasteiger partial charge in [0.05, 0.1) is 13.2 Å². The molecule has 0 aromatic rings. The Morgan fingerprint density at radius 3 is 2.53 bits per heavy atom. The van der Waals surface area contributed by atoms with Crippen LogP contribution in [0.15, 0.2) is 0 Å². The molecule has 0 saturated heterocycles. The molecule has 0 saturated carbocycles. The zero-order valence-corrected chi connectivity index (χ0v) is 10.9. The van der Waals surface area contributed by atoms with Crippen molar-refractivity contribution >= 4 is 11.8 Å². The van der Waals surface area contributed by atoms with Crippen molar-refractivity contribution in [3.63, 3.8) is 0 Å². The number of ether oxygens (including phenoxy) is 2. The molecule has 0 aliphatic rings. The molecule has 1 N–H and O–H groups in total. The van der Waals surface area contributed by atoms with E-state index in [1.165, 1.54) is 18.6 Å². The molecule has 0 atom stereocenters. The summed E-state index contributed by atoms with van der Waals surface area (Å²) in [7, 11) is 1.69. The van der Waals surface area contributed by atoms with Gasteiger partial charge in [0.1, 0.15) is 0 Å². The third-order valence-corrected chi connectivity index (χ3v) is 2.72. The van der Waals surface area contributed by atoms with Crippen LogP contribution in [0.1, 0.15) is 19.3 Å². The van der Waals surface area contributed by atoms with Crippen molar-refractivity contribution in [1.82, 2.24) is 5.32 Å². The molecule has 0 fully saturated rings. The molecular formula is C11H25NO2S. The summed E-state index contributed by atoms with van der Waals surface area (Å²) in [4.78, 5) is 0. The first kappa shape index (κ1) is 15.2. The quantitative estimate of drug-likeness (QED) is 0.522. The van der Waals surface area contributed by atoms with Crippen molar-refractivity contribution in [2.24, 2.45) is 0 Å². The van der Waals surface area contributed by atoms with E-state index < -0.39 is 0 Å². The second kappa shape index (κ2) is 14.2. The third kappa shape index (κ3) is 14.2. The number of methoxy groups -OCH3 is 1. The maximum absolute atomic E-state index is 5.35. The molecular weight excluding hydrogens is 210 g/mol. The number of thioether (sulfide) groups is 1. The van der Waals surface area contributed by atoms with E-state index in [4.69, 9.17) is 9.47 Å². The van der Waals surface area contributed by atoms with Crippen molar-refractivity contribution < 1.29 is 9.47 Å². The topological polar surface area (TPSA) is 30.5 Å². The van der Waals surface area contributed by atoms with E-state index in [2.05, 4.69) is 11.6 Å². The van der Waals surface area contributed by atoms with Gasteiger partial charge in [0.15, 0.2) is 0 Å². The third-order valence-electron chi connectivity index (χ3n) is 2.03. The fraction of sp³-hybridized carbons (Fsp3) is 1.00. The van der Waals surface area contributed by atoms with Crippen LogP contribution in [-0.4, -0.2) is 52.0 Å². The van der Waals surface area contributed by atoms with Crippen molar-refractivity contribution in [3.8, 4) is 0 Å². The summed E-state index contributed by atoms with van der Waals surface area (Å²) in [5, 5.41) is 3.41. The Hall–Kier alpha value is 0.230. The lowest BCUT2D eigenvalue weighted by Crippen LogP contribution is -2.18. The Balaban J connectivity index is 2.81. The van der Waals surface area contributed by atoms with E-state index in [-0.39, 0.29) is 0 Å². The number of nitrogens with one attached hydrogen (secondary N) is 1. The monoisotopic (exact) mass is 235 g/mol. The number of unbranched alkanes of at least 4 members (excludes halogenated alkanes) is 1. The van der Waals surface area contributed by atoms with Crippen LogP contribution in [-0.2, 0) is 9.47 Å². The molecule has 0 amide bonds.